The van der Waals surface area contributed by atoms with Gasteiger partial charge in [-0.15, -0.1) is 0 Å². The van der Waals surface area contributed by atoms with Gasteiger partial charge in [0, 0.05) is 69.8 Å². The third-order valence-electron chi connectivity index (χ3n) is 15.4. The zero-order valence-corrected chi connectivity index (χ0v) is 44.1. The van der Waals surface area contributed by atoms with Crippen LogP contribution >= 0.6 is 0 Å². The first-order chi connectivity index (χ1) is 35.6. The summed E-state index contributed by atoms with van der Waals surface area (Å²) in [5, 5.41) is 10.5. The SMILES string of the molecule is CCCCC(F)(F)C(=O)CC[C@H]1[C@H](OC2CCCCO2)CC(=O)[C@@H]1CCCCCCC(=O)OCc1ccccc1.CCCCC(F)(F)[C@@]1(O)CC[C@H]2[C@@H](CC(=O)[C@@H]2CCCCCCC(=O)OCc2ccccc2)O1. The summed E-state index contributed by atoms with van der Waals surface area (Å²) in [6, 6.07) is 19.1. The van der Waals surface area contributed by atoms with Crippen molar-refractivity contribution in [1.29, 1.82) is 0 Å². The Morgan fingerprint density at radius 1 is 0.662 bits per heavy atom. The second-order valence-corrected chi connectivity index (χ2v) is 21.1. The van der Waals surface area contributed by atoms with Crippen molar-refractivity contribution in [1.82, 2.24) is 0 Å². The lowest BCUT2D eigenvalue weighted by molar-refractivity contribution is -0.356. The quantitative estimate of drug-likeness (QED) is 0.0436. The third-order valence-corrected chi connectivity index (χ3v) is 15.4. The standard InChI is InChI=1S/C32H46F2O6.C27H38F2O5/c1-2-3-20-32(33,34)29(36)19-18-26-25(27(35)22-28(26)40-31-17-11-12-21-38-31)15-9-4-5-10-16-30(37)39-23-24-13-7-6-8-14-24;1-2-3-16-26(28,29)27(32)17-15-22-21(23(30)18-24(22)34-27)13-9-4-5-10-14-25(31)33-19-20-11-7-6-8-12-20/h6-8,13-14,25-26,28,31H,2-5,9-12,15-23H2,1H3;6-8,11-12,21-22,24,32H,2-5,9-10,13-19H2,1H3/t25-,26-,28-,31?;21-,22-,24-,27-/m11/s1. The Morgan fingerprint density at radius 3 is 1.78 bits per heavy atom. The molecule has 2 saturated carbocycles. The lowest BCUT2D eigenvalue weighted by Gasteiger charge is -2.43. The van der Waals surface area contributed by atoms with Crippen molar-refractivity contribution in [3.05, 3.63) is 71.8 Å². The van der Waals surface area contributed by atoms with Crippen molar-refractivity contribution in [2.24, 2.45) is 23.7 Å². The lowest BCUT2D eigenvalue weighted by Crippen LogP contribution is -2.55. The Labute approximate surface area is 436 Å². The maximum Gasteiger partial charge on any atom is 0.306 e. The van der Waals surface area contributed by atoms with Crippen LogP contribution in [0.2, 0.25) is 0 Å². The Hall–Kier alpha value is -4.05. The van der Waals surface area contributed by atoms with Gasteiger partial charge in [-0.3, -0.25) is 24.0 Å². The summed E-state index contributed by atoms with van der Waals surface area (Å²) in [6.45, 7) is 4.82. The van der Waals surface area contributed by atoms with Gasteiger partial charge in [0.05, 0.1) is 12.2 Å². The van der Waals surface area contributed by atoms with E-state index in [9.17, 15) is 46.6 Å². The molecule has 1 unspecified atom stereocenters. The molecule has 2 saturated heterocycles. The number of aliphatic hydroxyl groups is 1. The summed E-state index contributed by atoms with van der Waals surface area (Å²) >= 11 is 0. The van der Waals surface area contributed by atoms with Gasteiger partial charge in [0.2, 0.25) is 11.6 Å². The third kappa shape index (κ3) is 19.5. The summed E-state index contributed by atoms with van der Waals surface area (Å²) in [6.07, 6.45) is 11.5. The Balaban J connectivity index is 0.000000278. The molecule has 2 heterocycles. The van der Waals surface area contributed by atoms with Crippen LogP contribution in [0.1, 0.15) is 198 Å². The van der Waals surface area contributed by atoms with Crippen LogP contribution in [0.25, 0.3) is 0 Å². The fourth-order valence-corrected chi connectivity index (χ4v) is 11.0. The molecule has 414 valence electrons. The van der Waals surface area contributed by atoms with E-state index in [2.05, 4.69) is 0 Å². The molecule has 74 heavy (non-hydrogen) atoms. The van der Waals surface area contributed by atoms with Gasteiger partial charge < -0.3 is 28.8 Å². The molecule has 2 aromatic carbocycles. The largest absolute Gasteiger partial charge is 0.461 e. The molecule has 8 atom stereocenters. The van der Waals surface area contributed by atoms with Crippen LogP contribution in [-0.4, -0.2) is 77.1 Å². The van der Waals surface area contributed by atoms with Gasteiger partial charge in [-0.1, -0.05) is 126 Å². The average Bonchev–Trinajstić information content (AvgIpc) is 3.87. The zero-order valence-electron chi connectivity index (χ0n) is 44.1. The van der Waals surface area contributed by atoms with E-state index in [4.69, 9.17) is 23.7 Å². The van der Waals surface area contributed by atoms with E-state index in [1.807, 2.05) is 74.5 Å². The van der Waals surface area contributed by atoms with E-state index in [0.717, 1.165) is 75.3 Å². The molecule has 0 amide bonds. The minimum absolute atomic E-state index is 0.0561. The molecule has 6 rings (SSSR count). The van der Waals surface area contributed by atoms with Crippen molar-refractivity contribution in [2.75, 3.05) is 6.61 Å². The molecule has 2 aromatic rings. The highest BCUT2D eigenvalue weighted by Crippen LogP contribution is 2.50. The maximum atomic E-state index is 14.6. The number of benzene rings is 2. The molecule has 4 aliphatic rings. The minimum atomic E-state index is -3.32. The van der Waals surface area contributed by atoms with Gasteiger partial charge in [-0.25, -0.2) is 8.78 Å². The number of hydrogen-bond donors (Lipinski definition) is 1. The van der Waals surface area contributed by atoms with E-state index in [-0.39, 0.29) is 98.8 Å². The second-order valence-electron chi connectivity index (χ2n) is 21.1. The number of rotatable bonds is 31. The number of alkyl halides is 4. The van der Waals surface area contributed by atoms with Crippen LogP contribution in [0.4, 0.5) is 17.6 Å². The van der Waals surface area contributed by atoms with Crippen molar-refractivity contribution in [3.8, 4) is 0 Å². The number of ether oxygens (including phenoxy) is 5. The Morgan fingerprint density at radius 2 is 1.22 bits per heavy atom. The number of halogens is 4. The molecule has 0 radical (unpaired) electrons. The topological polar surface area (TPSA) is 152 Å². The molecule has 0 spiro atoms. The van der Waals surface area contributed by atoms with Crippen molar-refractivity contribution in [2.45, 2.75) is 237 Å². The normalized spacial score (nSPS) is 25.0. The molecular formula is C59H84F4O11. The van der Waals surface area contributed by atoms with Crippen molar-refractivity contribution in [3.63, 3.8) is 0 Å². The minimum Gasteiger partial charge on any atom is -0.461 e. The molecule has 15 heteroatoms. The fraction of sp³-hybridized carbons (Fsp3) is 0.712. The van der Waals surface area contributed by atoms with Gasteiger partial charge in [0.25, 0.3) is 0 Å². The highest BCUT2D eigenvalue weighted by atomic mass is 19.3. The smallest absolute Gasteiger partial charge is 0.306 e. The fourth-order valence-electron chi connectivity index (χ4n) is 11.0. The molecule has 11 nitrogen and oxygen atoms in total. The van der Waals surface area contributed by atoms with Crippen molar-refractivity contribution >= 4 is 29.3 Å². The van der Waals surface area contributed by atoms with Crippen LogP contribution in [0.15, 0.2) is 60.7 Å². The number of unbranched alkanes of at least 4 members (excludes halogenated alkanes) is 8. The average molecular weight is 1050 g/mol. The molecular weight excluding hydrogens is 961 g/mol. The van der Waals surface area contributed by atoms with Crippen LogP contribution in [0, 0.1) is 23.7 Å². The second kappa shape index (κ2) is 31.2. The highest BCUT2D eigenvalue weighted by molar-refractivity contribution is 5.87. The molecule has 2 aliphatic carbocycles. The molecule has 0 aromatic heterocycles. The predicted molar refractivity (Wildman–Crippen MR) is 272 cm³/mol. The van der Waals surface area contributed by atoms with Crippen LogP contribution in [0.3, 0.4) is 0 Å². The lowest BCUT2D eigenvalue weighted by atomic mass is 9.81. The first-order valence-electron chi connectivity index (χ1n) is 28.0. The number of carbonyl (C=O) groups excluding carboxylic acids is 5. The molecule has 2 aliphatic heterocycles. The molecule has 4 fully saturated rings. The van der Waals surface area contributed by atoms with E-state index in [1.54, 1.807) is 0 Å². The predicted octanol–water partition coefficient (Wildman–Crippen LogP) is 13.3. The van der Waals surface area contributed by atoms with E-state index in [1.165, 1.54) is 0 Å². The number of fused-ring (bicyclic) bond motifs is 1. The van der Waals surface area contributed by atoms with Gasteiger partial charge >= 0.3 is 23.8 Å². The van der Waals surface area contributed by atoms with E-state index < -0.39 is 48.5 Å². The number of carbonyl (C=O) groups is 5. The monoisotopic (exact) mass is 1040 g/mol. The number of ketones is 3. The summed E-state index contributed by atoms with van der Waals surface area (Å²) < 4.78 is 85.8. The molecule has 0 bridgehead atoms. The van der Waals surface area contributed by atoms with Crippen molar-refractivity contribution < 1.29 is 70.3 Å². The van der Waals surface area contributed by atoms with Gasteiger partial charge in [-0.05, 0) is 93.6 Å². The summed E-state index contributed by atoms with van der Waals surface area (Å²) in [5.74, 6) is -11.3. The van der Waals surface area contributed by atoms with Crippen LogP contribution in [-0.2, 0) is 60.9 Å². The highest BCUT2D eigenvalue weighted by Gasteiger charge is 2.60. The van der Waals surface area contributed by atoms with E-state index >= 15 is 0 Å². The maximum absolute atomic E-state index is 14.6. The van der Waals surface area contributed by atoms with Gasteiger partial charge in [0.15, 0.2) is 6.29 Å². The first kappa shape index (κ1) is 60.8. The van der Waals surface area contributed by atoms with Crippen LogP contribution in [0.5, 0.6) is 0 Å². The summed E-state index contributed by atoms with van der Waals surface area (Å²) in [5.41, 5.74) is 1.92. The first-order valence-corrected chi connectivity index (χ1v) is 28.0. The van der Waals surface area contributed by atoms with Gasteiger partial charge in [0.1, 0.15) is 24.8 Å². The number of Topliss-reactive ketones (excluding diaryl/α,β-unsaturated/α-hetero) is 3. The Bertz CT molecular complexity index is 2000. The summed E-state index contributed by atoms with van der Waals surface area (Å²) in [7, 11) is 0. The van der Waals surface area contributed by atoms with Crippen LogP contribution < -0.4 is 0 Å². The number of hydrogen-bond acceptors (Lipinski definition) is 11. The number of esters is 2. The zero-order chi connectivity index (χ0) is 53.4. The van der Waals surface area contributed by atoms with Gasteiger partial charge in [-0.2, -0.15) is 8.78 Å². The summed E-state index contributed by atoms with van der Waals surface area (Å²) in [4.78, 5) is 61.9. The Kier molecular flexibility index (Phi) is 25.7. The molecule has 1 N–H and O–H groups in total. The van der Waals surface area contributed by atoms with E-state index in [0.29, 0.717) is 70.8 Å².